The van der Waals surface area contributed by atoms with E-state index in [1.165, 1.54) is 28.2 Å². The van der Waals surface area contributed by atoms with Crippen molar-refractivity contribution in [2.45, 2.75) is 18.9 Å². The molecule has 1 aromatic carbocycles. The molecule has 134 valence electrons. The van der Waals surface area contributed by atoms with Crippen molar-refractivity contribution in [3.63, 3.8) is 0 Å². The van der Waals surface area contributed by atoms with Crippen molar-refractivity contribution >= 4 is 17.3 Å². The fraction of sp³-hybridized carbons (Fsp3) is 0.278. The third-order valence-electron chi connectivity index (χ3n) is 4.03. The predicted octanol–water partition coefficient (Wildman–Crippen LogP) is 3.47. The van der Waals surface area contributed by atoms with Crippen molar-refractivity contribution < 1.29 is 18.7 Å². The zero-order chi connectivity index (χ0) is 17.9. The number of hydrogen-bond donors (Lipinski definition) is 0. The molecule has 0 spiro atoms. The largest absolute Gasteiger partial charge is 0.457 e. The topological polar surface area (TPSA) is 66.2 Å². The molecule has 1 atom stereocenters. The zero-order valence-electron chi connectivity index (χ0n) is 13.8. The fourth-order valence-corrected chi connectivity index (χ4v) is 3.43. The summed E-state index contributed by atoms with van der Waals surface area (Å²) in [5, 5.41) is 6.20. The molecule has 0 radical (unpaired) electrons. The van der Waals surface area contributed by atoms with Crippen molar-refractivity contribution in [2.75, 3.05) is 13.2 Å². The molecule has 6 nitrogen and oxygen atoms in total. The molecule has 3 aromatic rings. The van der Waals surface area contributed by atoms with Gasteiger partial charge < -0.3 is 9.47 Å². The van der Waals surface area contributed by atoms with Crippen molar-refractivity contribution in [3.8, 4) is 16.4 Å². The first-order valence-electron chi connectivity index (χ1n) is 8.26. The Kier molecular flexibility index (Phi) is 4.77. The second-order valence-corrected chi connectivity index (χ2v) is 6.81. The van der Waals surface area contributed by atoms with Gasteiger partial charge in [0.15, 0.2) is 5.82 Å². The van der Waals surface area contributed by atoms with Crippen LogP contribution < -0.4 is 0 Å². The average molecular weight is 373 g/mol. The smallest absolute Gasteiger partial charge is 0.378 e. The number of benzene rings is 1. The van der Waals surface area contributed by atoms with Crippen molar-refractivity contribution in [3.05, 3.63) is 53.4 Å². The predicted molar refractivity (Wildman–Crippen MR) is 93.9 cm³/mol. The lowest BCUT2D eigenvalue weighted by atomic mass is 10.2. The SMILES string of the molecule is O=C(OCC1CCCO1)c1nc(-c2cccs2)n(-c2ccc(F)cc2)n1. The number of rotatable bonds is 5. The quantitative estimate of drug-likeness (QED) is 0.641. The zero-order valence-corrected chi connectivity index (χ0v) is 14.6. The number of hydrogen-bond acceptors (Lipinski definition) is 6. The third-order valence-corrected chi connectivity index (χ3v) is 4.89. The summed E-state index contributed by atoms with van der Waals surface area (Å²) < 4.78 is 25.5. The van der Waals surface area contributed by atoms with Crippen LogP contribution in [0.2, 0.25) is 0 Å². The van der Waals surface area contributed by atoms with Crippen LogP contribution in [-0.2, 0) is 9.47 Å². The molecule has 0 bridgehead atoms. The van der Waals surface area contributed by atoms with Crippen LogP contribution in [0.15, 0.2) is 41.8 Å². The van der Waals surface area contributed by atoms with Crippen LogP contribution in [-0.4, -0.2) is 40.1 Å². The van der Waals surface area contributed by atoms with Gasteiger partial charge in [-0.3, -0.25) is 0 Å². The van der Waals surface area contributed by atoms with E-state index in [2.05, 4.69) is 10.1 Å². The van der Waals surface area contributed by atoms with Gasteiger partial charge in [0.2, 0.25) is 0 Å². The van der Waals surface area contributed by atoms with E-state index in [1.54, 1.807) is 12.1 Å². The van der Waals surface area contributed by atoms with Gasteiger partial charge in [-0.25, -0.2) is 13.9 Å². The van der Waals surface area contributed by atoms with Crippen LogP contribution >= 0.6 is 11.3 Å². The minimum Gasteiger partial charge on any atom is -0.457 e. The lowest BCUT2D eigenvalue weighted by molar-refractivity contribution is 0.0151. The van der Waals surface area contributed by atoms with Crippen LogP contribution in [0.25, 0.3) is 16.4 Å². The molecular formula is C18H16FN3O3S. The minimum atomic E-state index is -0.598. The molecule has 1 unspecified atom stereocenters. The Morgan fingerprint density at radius 1 is 1.35 bits per heavy atom. The number of carbonyl (C=O) groups excluding carboxylic acids is 1. The van der Waals surface area contributed by atoms with E-state index in [0.29, 0.717) is 18.1 Å². The second kappa shape index (κ2) is 7.35. The van der Waals surface area contributed by atoms with E-state index < -0.39 is 5.97 Å². The molecule has 1 aliphatic rings. The molecule has 4 rings (SSSR count). The maximum Gasteiger partial charge on any atom is 0.378 e. The fourth-order valence-electron chi connectivity index (χ4n) is 2.74. The highest BCUT2D eigenvalue weighted by molar-refractivity contribution is 7.13. The molecular weight excluding hydrogens is 357 g/mol. The Hall–Kier alpha value is -2.58. The van der Waals surface area contributed by atoms with Crippen molar-refractivity contribution in [1.29, 1.82) is 0 Å². The minimum absolute atomic E-state index is 0.0317. The standard InChI is InChI=1S/C18H16FN3O3S/c19-12-5-7-13(8-6-12)22-17(15-4-2-10-26-15)20-16(21-22)18(23)25-11-14-3-1-9-24-14/h2,4-8,10,14H,1,3,9,11H2. The highest BCUT2D eigenvalue weighted by Crippen LogP contribution is 2.26. The van der Waals surface area contributed by atoms with E-state index in [0.717, 1.165) is 17.7 Å². The van der Waals surface area contributed by atoms with Gasteiger partial charge in [0.05, 0.1) is 16.7 Å². The Morgan fingerprint density at radius 3 is 2.88 bits per heavy atom. The van der Waals surface area contributed by atoms with Gasteiger partial charge in [0.1, 0.15) is 12.4 Å². The summed E-state index contributed by atoms with van der Waals surface area (Å²) in [5.41, 5.74) is 0.612. The summed E-state index contributed by atoms with van der Waals surface area (Å²) >= 11 is 1.48. The molecule has 1 fully saturated rings. The molecule has 0 amide bonds. The van der Waals surface area contributed by atoms with Gasteiger partial charge in [-0.15, -0.1) is 16.4 Å². The monoisotopic (exact) mass is 373 g/mol. The van der Waals surface area contributed by atoms with Crippen LogP contribution in [0, 0.1) is 5.82 Å². The number of thiophene rings is 1. The van der Waals surface area contributed by atoms with E-state index in [9.17, 15) is 9.18 Å². The molecule has 3 heterocycles. The van der Waals surface area contributed by atoms with Crippen LogP contribution in [0.4, 0.5) is 4.39 Å². The lowest BCUT2D eigenvalue weighted by Crippen LogP contribution is -2.18. The Bertz CT molecular complexity index is 887. The van der Waals surface area contributed by atoms with Crippen molar-refractivity contribution in [2.24, 2.45) is 0 Å². The first kappa shape index (κ1) is 16.9. The molecule has 1 aliphatic heterocycles. The van der Waals surface area contributed by atoms with Gasteiger partial charge in [0.25, 0.3) is 5.82 Å². The first-order chi connectivity index (χ1) is 12.7. The summed E-state index contributed by atoms with van der Waals surface area (Å²) in [7, 11) is 0. The van der Waals surface area contributed by atoms with Gasteiger partial charge in [0, 0.05) is 6.61 Å². The summed E-state index contributed by atoms with van der Waals surface area (Å²) in [4.78, 5) is 17.5. The molecule has 26 heavy (non-hydrogen) atoms. The summed E-state index contributed by atoms with van der Waals surface area (Å²) in [6, 6.07) is 9.62. The Labute approximate surface area is 153 Å². The molecule has 2 aromatic heterocycles. The molecule has 1 saturated heterocycles. The average Bonchev–Trinajstić information content (AvgIpc) is 3.41. The van der Waals surface area contributed by atoms with E-state index in [-0.39, 0.29) is 24.4 Å². The maximum atomic E-state index is 13.2. The molecule has 8 heteroatoms. The number of esters is 1. The number of carbonyl (C=O) groups is 1. The van der Waals surface area contributed by atoms with Crippen LogP contribution in [0.3, 0.4) is 0 Å². The Balaban J connectivity index is 1.62. The van der Waals surface area contributed by atoms with Crippen molar-refractivity contribution in [1.82, 2.24) is 14.8 Å². The summed E-state index contributed by atoms with van der Waals surface area (Å²) in [6.45, 7) is 0.889. The van der Waals surface area contributed by atoms with E-state index in [4.69, 9.17) is 9.47 Å². The van der Waals surface area contributed by atoms with Gasteiger partial charge in [-0.2, -0.15) is 4.98 Å². The summed E-state index contributed by atoms with van der Waals surface area (Å²) in [5.74, 6) is -0.465. The highest BCUT2D eigenvalue weighted by atomic mass is 32.1. The first-order valence-corrected chi connectivity index (χ1v) is 9.14. The number of aromatic nitrogens is 3. The Morgan fingerprint density at radius 2 is 2.19 bits per heavy atom. The number of ether oxygens (including phenoxy) is 2. The van der Waals surface area contributed by atoms with Crippen LogP contribution in [0.1, 0.15) is 23.5 Å². The van der Waals surface area contributed by atoms with Gasteiger partial charge in [-0.05, 0) is 48.6 Å². The van der Waals surface area contributed by atoms with Gasteiger partial charge >= 0.3 is 5.97 Å². The normalized spacial score (nSPS) is 16.7. The van der Waals surface area contributed by atoms with E-state index in [1.807, 2.05) is 17.5 Å². The van der Waals surface area contributed by atoms with Gasteiger partial charge in [-0.1, -0.05) is 6.07 Å². The molecule has 0 aliphatic carbocycles. The summed E-state index contributed by atoms with van der Waals surface area (Å²) in [6.07, 6.45) is 1.79. The number of halogens is 1. The van der Waals surface area contributed by atoms with E-state index >= 15 is 0 Å². The second-order valence-electron chi connectivity index (χ2n) is 5.86. The molecule has 0 saturated carbocycles. The lowest BCUT2D eigenvalue weighted by Gasteiger charge is -2.08. The third kappa shape index (κ3) is 3.51. The van der Waals surface area contributed by atoms with Crippen LogP contribution in [0.5, 0.6) is 0 Å². The maximum absolute atomic E-state index is 13.2. The number of nitrogens with zero attached hydrogens (tertiary/aromatic N) is 3. The highest BCUT2D eigenvalue weighted by Gasteiger charge is 2.23. The molecule has 0 N–H and O–H groups in total.